The lowest BCUT2D eigenvalue weighted by Crippen LogP contribution is -2.39. The zero-order chi connectivity index (χ0) is 14.2. The van der Waals surface area contributed by atoms with Crippen molar-refractivity contribution in [1.82, 2.24) is 9.55 Å². The zero-order valence-electron chi connectivity index (χ0n) is 10.6. The molecule has 8 heteroatoms. The molecule has 106 valence electrons. The molecule has 1 fully saturated rings. The highest BCUT2D eigenvalue weighted by atomic mass is 16.6. The van der Waals surface area contributed by atoms with E-state index in [9.17, 15) is 14.7 Å². The van der Waals surface area contributed by atoms with Crippen molar-refractivity contribution in [2.45, 2.75) is 31.5 Å². The van der Waals surface area contributed by atoms with Crippen LogP contribution in [-0.4, -0.2) is 51.8 Å². The van der Waals surface area contributed by atoms with Gasteiger partial charge in [0.05, 0.1) is 6.61 Å². The normalized spacial score (nSPS) is 30.7. The molecule has 1 saturated heterocycles. The first-order valence-electron chi connectivity index (χ1n) is 5.78. The highest BCUT2D eigenvalue weighted by Gasteiger charge is 2.45. The van der Waals surface area contributed by atoms with Gasteiger partial charge in [-0.15, -0.1) is 0 Å². The Hall–Kier alpha value is -1.48. The van der Waals surface area contributed by atoms with Crippen LogP contribution in [0.5, 0.6) is 0 Å². The molecule has 0 saturated carbocycles. The first kappa shape index (κ1) is 13.9. The lowest BCUT2D eigenvalue weighted by molar-refractivity contribution is -0.0626. The van der Waals surface area contributed by atoms with Gasteiger partial charge in [0.2, 0.25) is 0 Å². The second-order valence-electron chi connectivity index (χ2n) is 4.42. The topological polar surface area (TPSA) is 114 Å². The van der Waals surface area contributed by atoms with Gasteiger partial charge in [-0.1, -0.05) is 0 Å². The van der Waals surface area contributed by atoms with Crippen molar-refractivity contribution in [3.8, 4) is 0 Å². The van der Waals surface area contributed by atoms with Crippen molar-refractivity contribution in [2.24, 2.45) is 0 Å². The number of hydrogen-bond acceptors (Lipinski definition) is 6. The number of hydrogen-bond donors (Lipinski definition) is 3. The smallest absolute Gasteiger partial charge is 0.330 e. The Bertz CT molecular complexity index is 565. The van der Waals surface area contributed by atoms with Crippen molar-refractivity contribution < 1.29 is 19.7 Å². The van der Waals surface area contributed by atoms with E-state index in [4.69, 9.17) is 14.6 Å². The summed E-state index contributed by atoms with van der Waals surface area (Å²) in [5.74, 6) is 0. The molecule has 2 rings (SSSR count). The molecule has 0 unspecified atom stereocenters. The molecule has 0 amide bonds. The molecular formula is C11H16N2O6. The molecule has 4 atom stereocenters. The van der Waals surface area contributed by atoms with Crippen LogP contribution in [0.4, 0.5) is 0 Å². The monoisotopic (exact) mass is 272 g/mol. The molecule has 3 N–H and O–H groups in total. The minimum absolute atomic E-state index is 0.333. The van der Waals surface area contributed by atoms with Crippen LogP contribution >= 0.6 is 0 Å². The number of methoxy groups -OCH3 is 1. The maximum atomic E-state index is 11.8. The number of nitrogens with one attached hydrogen (secondary N) is 1. The fourth-order valence-electron chi connectivity index (χ4n) is 2.12. The quantitative estimate of drug-likeness (QED) is 0.593. The van der Waals surface area contributed by atoms with Crippen molar-refractivity contribution >= 4 is 0 Å². The summed E-state index contributed by atoms with van der Waals surface area (Å²) in [6.45, 7) is 1.15. The summed E-state index contributed by atoms with van der Waals surface area (Å²) in [4.78, 5) is 25.2. The second kappa shape index (κ2) is 5.25. The number of aliphatic hydroxyl groups excluding tert-OH is 2. The third kappa shape index (κ3) is 2.35. The van der Waals surface area contributed by atoms with E-state index in [1.54, 1.807) is 6.92 Å². The summed E-state index contributed by atoms with van der Waals surface area (Å²) < 4.78 is 11.7. The summed E-state index contributed by atoms with van der Waals surface area (Å²) >= 11 is 0. The van der Waals surface area contributed by atoms with Crippen LogP contribution in [0.1, 0.15) is 11.8 Å². The Balaban J connectivity index is 2.44. The fraction of sp³-hybridized carbons (Fsp3) is 0.636. The molecule has 1 aromatic heterocycles. The number of nitrogens with zero attached hydrogens (tertiary/aromatic N) is 1. The average Bonchev–Trinajstić information content (AvgIpc) is 2.70. The Kier molecular flexibility index (Phi) is 3.85. The Labute approximate surface area is 108 Å². The van der Waals surface area contributed by atoms with Gasteiger partial charge < -0.3 is 19.7 Å². The van der Waals surface area contributed by atoms with Crippen LogP contribution in [-0.2, 0) is 9.47 Å². The van der Waals surface area contributed by atoms with E-state index < -0.39 is 42.4 Å². The minimum atomic E-state index is -1.06. The second-order valence-corrected chi connectivity index (χ2v) is 4.42. The minimum Gasteiger partial charge on any atom is -0.394 e. The van der Waals surface area contributed by atoms with Crippen LogP contribution in [0.3, 0.4) is 0 Å². The van der Waals surface area contributed by atoms with E-state index in [1.165, 1.54) is 13.3 Å². The number of aromatic amines is 1. The summed E-state index contributed by atoms with van der Waals surface area (Å²) in [6.07, 6.45) is -2.27. The standard InChI is InChI=1S/C11H16N2O6/c1-5-3-13(11(17)12-9(5)16)10-8(18-2)7(15)6(4-14)19-10/h3,6-8,10,14-15H,4H2,1-2H3,(H,12,16,17)/t6-,7+,8+,10-/m0/s1. The Morgan fingerprint density at radius 1 is 1.53 bits per heavy atom. The summed E-state index contributed by atoms with van der Waals surface area (Å²) in [5.41, 5.74) is -0.805. The third-order valence-electron chi connectivity index (χ3n) is 3.18. The lowest BCUT2D eigenvalue weighted by atomic mass is 10.1. The predicted molar refractivity (Wildman–Crippen MR) is 63.9 cm³/mol. The van der Waals surface area contributed by atoms with Gasteiger partial charge in [-0.3, -0.25) is 14.3 Å². The zero-order valence-corrected chi connectivity index (χ0v) is 10.6. The molecule has 1 aliphatic heterocycles. The molecule has 0 radical (unpaired) electrons. The third-order valence-corrected chi connectivity index (χ3v) is 3.18. The van der Waals surface area contributed by atoms with E-state index in [0.717, 1.165) is 4.57 Å². The maximum Gasteiger partial charge on any atom is 0.330 e. The largest absolute Gasteiger partial charge is 0.394 e. The number of H-pyrrole nitrogens is 1. The van der Waals surface area contributed by atoms with Gasteiger partial charge in [0.25, 0.3) is 5.56 Å². The van der Waals surface area contributed by atoms with Crippen molar-refractivity contribution in [3.05, 3.63) is 32.6 Å². The molecular weight excluding hydrogens is 256 g/mol. The van der Waals surface area contributed by atoms with Gasteiger partial charge in [0, 0.05) is 18.9 Å². The van der Waals surface area contributed by atoms with Gasteiger partial charge in [0.1, 0.15) is 18.3 Å². The molecule has 0 aliphatic carbocycles. The summed E-state index contributed by atoms with van der Waals surface area (Å²) in [7, 11) is 1.37. The summed E-state index contributed by atoms with van der Waals surface area (Å²) in [6, 6.07) is 0. The molecule has 0 aromatic carbocycles. The van der Waals surface area contributed by atoms with Crippen molar-refractivity contribution in [3.63, 3.8) is 0 Å². The van der Waals surface area contributed by atoms with Gasteiger partial charge in [-0.2, -0.15) is 0 Å². The maximum absolute atomic E-state index is 11.8. The fourth-order valence-corrected chi connectivity index (χ4v) is 2.12. The molecule has 0 bridgehead atoms. The molecule has 2 heterocycles. The van der Waals surface area contributed by atoms with Crippen molar-refractivity contribution in [1.29, 1.82) is 0 Å². The number of rotatable bonds is 3. The van der Waals surface area contributed by atoms with Gasteiger partial charge in [-0.05, 0) is 6.92 Å². The van der Waals surface area contributed by atoms with Crippen LogP contribution in [0.15, 0.2) is 15.8 Å². The SMILES string of the molecule is CO[C@@H]1[C@H](O)[C@H](CO)O[C@@H]1n1cc(C)c(=O)[nH]c1=O. The van der Waals surface area contributed by atoms with E-state index in [1.807, 2.05) is 0 Å². The van der Waals surface area contributed by atoms with Gasteiger partial charge in [-0.25, -0.2) is 4.79 Å². The number of aliphatic hydroxyl groups is 2. The number of aryl methyl sites for hydroxylation is 1. The first-order valence-corrected chi connectivity index (χ1v) is 5.78. The van der Waals surface area contributed by atoms with Crippen LogP contribution < -0.4 is 11.2 Å². The van der Waals surface area contributed by atoms with Crippen LogP contribution in [0, 0.1) is 6.92 Å². The van der Waals surface area contributed by atoms with E-state index >= 15 is 0 Å². The predicted octanol–water partition coefficient (Wildman–Crippen LogP) is -1.89. The molecule has 8 nitrogen and oxygen atoms in total. The van der Waals surface area contributed by atoms with E-state index in [-0.39, 0.29) is 0 Å². The highest BCUT2D eigenvalue weighted by molar-refractivity contribution is 5.03. The van der Waals surface area contributed by atoms with Gasteiger partial charge in [0.15, 0.2) is 6.23 Å². The average molecular weight is 272 g/mol. The highest BCUT2D eigenvalue weighted by Crippen LogP contribution is 2.30. The number of ether oxygens (including phenoxy) is 2. The number of aromatic nitrogens is 2. The summed E-state index contributed by atoms with van der Waals surface area (Å²) in [5, 5.41) is 19.0. The van der Waals surface area contributed by atoms with Crippen LogP contribution in [0.25, 0.3) is 0 Å². The van der Waals surface area contributed by atoms with E-state index in [0.29, 0.717) is 5.56 Å². The molecule has 19 heavy (non-hydrogen) atoms. The molecule has 1 aromatic rings. The Morgan fingerprint density at radius 2 is 2.21 bits per heavy atom. The van der Waals surface area contributed by atoms with Crippen LogP contribution in [0.2, 0.25) is 0 Å². The van der Waals surface area contributed by atoms with Crippen molar-refractivity contribution in [2.75, 3.05) is 13.7 Å². The van der Waals surface area contributed by atoms with E-state index in [2.05, 4.69) is 4.98 Å². The first-order chi connectivity index (χ1) is 8.99. The Morgan fingerprint density at radius 3 is 2.79 bits per heavy atom. The van der Waals surface area contributed by atoms with Gasteiger partial charge >= 0.3 is 5.69 Å². The molecule has 0 spiro atoms. The lowest BCUT2D eigenvalue weighted by Gasteiger charge is -2.20. The molecule has 1 aliphatic rings.